The van der Waals surface area contributed by atoms with Gasteiger partial charge in [0.15, 0.2) is 0 Å². The molecule has 2 atom stereocenters. The van der Waals surface area contributed by atoms with Crippen LogP contribution in [0.5, 0.6) is 0 Å². The lowest BCUT2D eigenvalue weighted by Gasteiger charge is -2.30. The molecule has 0 saturated heterocycles. The van der Waals surface area contributed by atoms with Crippen LogP contribution in [0.4, 0.5) is 4.39 Å². The zero-order valence-corrected chi connectivity index (χ0v) is 18.2. The molecule has 2 aromatic carbocycles. The molecule has 2 rings (SSSR count). The predicted molar refractivity (Wildman–Crippen MR) is 114 cm³/mol. The smallest absolute Gasteiger partial charge is 0.242 e. The van der Waals surface area contributed by atoms with E-state index in [9.17, 15) is 14.0 Å². The third kappa shape index (κ3) is 6.18. The minimum absolute atomic E-state index is 0.0339. The van der Waals surface area contributed by atoms with Gasteiger partial charge in [-0.25, -0.2) is 4.39 Å². The van der Waals surface area contributed by atoms with Crippen molar-refractivity contribution < 1.29 is 14.0 Å². The number of rotatable bonds is 8. The first-order valence-corrected chi connectivity index (χ1v) is 10.3. The minimum Gasteiger partial charge on any atom is -0.352 e. The Balaban J connectivity index is 2.31. The van der Waals surface area contributed by atoms with Gasteiger partial charge in [-0.15, -0.1) is 0 Å². The van der Waals surface area contributed by atoms with E-state index >= 15 is 0 Å². The summed E-state index contributed by atoms with van der Waals surface area (Å²) in [5.74, 6) is -1.10. The summed E-state index contributed by atoms with van der Waals surface area (Å²) in [5, 5.41) is 3.61. The van der Waals surface area contributed by atoms with E-state index in [1.165, 1.54) is 11.0 Å². The van der Waals surface area contributed by atoms with Crippen LogP contribution >= 0.6 is 23.2 Å². The summed E-state index contributed by atoms with van der Waals surface area (Å²) >= 11 is 12.4. The lowest BCUT2D eigenvalue weighted by atomic mass is 10.1. The summed E-state index contributed by atoms with van der Waals surface area (Å²) in [6.45, 7) is 5.43. The lowest BCUT2D eigenvalue weighted by molar-refractivity contribution is -0.140. The van der Waals surface area contributed by atoms with Crippen LogP contribution < -0.4 is 5.32 Å². The van der Waals surface area contributed by atoms with Crippen LogP contribution in [0.3, 0.4) is 0 Å². The Hall–Kier alpha value is -2.11. The summed E-state index contributed by atoms with van der Waals surface area (Å²) in [6.07, 6.45) is 0.670. The number of nitrogens with zero attached hydrogens (tertiary/aromatic N) is 1. The Morgan fingerprint density at radius 1 is 1.07 bits per heavy atom. The van der Waals surface area contributed by atoms with Crippen molar-refractivity contribution in [3.63, 3.8) is 0 Å². The number of hydrogen-bond acceptors (Lipinski definition) is 2. The Morgan fingerprint density at radius 3 is 2.28 bits per heavy atom. The van der Waals surface area contributed by atoms with E-state index in [1.54, 1.807) is 43.3 Å². The number of carbonyl (C=O) groups is 2. The SMILES string of the molecule is CCC(C)NC(=O)C(C)N(Cc1ccccc1F)C(=O)Cc1c(Cl)cccc1Cl. The summed E-state index contributed by atoms with van der Waals surface area (Å²) in [6, 6.07) is 10.4. The van der Waals surface area contributed by atoms with Crippen molar-refractivity contribution >= 4 is 35.0 Å². The number of benzene rings is 2. The predicted octanol–water partition coefficient (Wildman–Crippen LogP) is 5.01. The van der Waals surface area contributed by atoms with Crippen molar-refractivity contribution in [3.8, 4) is 0 Å². The first-order valence-electron chi connectivity index (χ1n) is 9.50. The van der Waals surface area contributed by atoms with Crippen LogP contribution in [-0.2, 0) is 22.6 Å². The molecule has 0 heterocycles. The van der Waals surface area contributed by atoms with E-state index in [0.717, 1.165) is 6.42 Å². The van der Waals surface area contributed by atoms with Gasteiger partial charge in [-0.05, 0) is 44.0 Å². The maximum absolute atomic E-state index is 14.2. The van der Waals surface area contributed by atoms with Crippen LogP contribution in [0, 0.1) is 5.82 Å². The van der Waals surface area contributed by atoms with Crippen molar-refractivity contribution in [2.24, 2.45) is 0 Å². The monoisotopic (exact) mass is 438 g/mol. The van der Waals surface area contributed by atoms with Gasteiger partial charge in [-0.3, -0.25) is 9.59 Å². The van der Waals surface area contributed by atoms with E-state index < -0.39 is 11.9 Å². The van der Waals surface area contributed by atoms with Crippen LogP contribution in [-0.4, -0.2) is 28.8 Å². The second-order valence-electron chi connectivity index (χ2n) is 6.98. The van der Waals surface area contributed by atoms with E-state index in [-0.39, 0.29) is 30.8 Å². The third-order valence-corrected chi connectivity index (χ3v) is 5.56. The Morgan fingerprint density at radius 2 is 1.69 bits per heavy atom. The van der Waals surface area contributed by atoms with E-state index in [0.29, 0.717) is 21.2 Å². The molecule has 156 valence electrons. The first kappa shape index (κ1) is 23.2. The van der Waals surface area contributed by atoms with Gasteiger partial charge >= 0.3 is 0 Å². The maximum atomic E-state index is 14.2. The Labute approximate surface area is 181 Å². The van der Waals surface area contributed by atoms with Gasteiger partial charge in [0.25, 0.3) is 0 Å². The Kier molecular flexibility index (Phi) is 8.47. The second kappa shape index (κ2) is 10.6. The van der Waals surface area contributed by atoms with Crippen molar-refractivity contribution in [3.05, 3.63) is 69.5 Å². The molecule has 0 aliphatic heterocycles. The largest absolute Gasteiger partial charge is 0.352 e. The van der Waals surface area contributed by atoms with Crippen molar-refractivity contribution in [2.45, 2.75) is 52.2 Å². The fraction of sp³-hybridized carbons (Fsp3) is 0.364. The summed E-state index contributed by atoms with van der Waals surface area (Å²) < 4.78 is 14.2. The highest BCUT2D eigenvalue weighted by Gasteiger charge is 2.28. The van der Waals surface area contributed by atoms with Crippen molar-refractivity contribution in [1.29, 1.82) is 0 Å². The van der Waals surface area contributed by atoms with Crippen LogP contribution in [0.2, 0.25) is 10.0 Å². The molecule has 7 heteroatoms. The van der Waals surface area contributed by atoms with Gasteiger partial charge in [0.1, 0.15) is 11.9 Å². The highest BCUT2D eigenvalue weighted by atomic mass is 35.5. The van der Waals surface area contributed by atoms with Gasteiger partial charge in [0.2, 0.25) is 11.8 Å². The molecule has 1 N–H and O–H groups in total. The molecule has 0 saturated carbocycles. The van der Waals surface area contributed by atoms with Crippen LogP contribution in [0.15, 0.2) is 42.5 Å². The minimum atomic E-state index is -0.794. The highest BCUT2D eigenvalue weighted by molar-refractivity contribution is 6.36. The van der Waals surface area contributed by atoms with E-state index in [4.69, 9.17) is 23.2 Å². The average molecular weight is 439 g/mol. The second-order valence-corrected chi connectivity index (χ2v) is 7.80. The molecule has 29 heavy (non-hydrogen) atoms. The highest BCUT2D eigenvalue weighted by Crippen LogP contribution is 2.26. The Bertz CT molecular complexity index is 855. The van der Waals surface area contributed by atoms with Gasteiger partial charge in [-0.1, -0.05) is 54.4 Å². The molecular weight excluding hydrogens is 414 g/mol. The number of amides is 2. The van der Waals surface area contributed by atoms with Crippen LogP contribution in [0.1, 0.15) is 38.3 Å². The van der Waals surface area contributed by atoms with Crippen molar-refractivity contribution in [1.82, 2.24) is 10.2 Å². The molecule has 0 radical (unpaired) electrons. The van der Waals surface area contributed by atoms with Gasteiger partial charge in [0.05, 0.1) is 6.42 Å². The van der Waals surface area contributed by atoms with Gasteiger partial charge in [-0.2, -0.15) is 0 Å². The van der Waals surface area contributed by atoms with Gasteiger partial charge in [0, 0.05) is 28.2 Å². The normalized spacial score (nSPS) is 12.9. The summed E-state index contributed by atoms with van der Waals surface area (Å²) in [4.78, 5) is 27.2. The fourth-order valence-corrected chi connectivity index (χ4v) is 3.34. The molecule has 0 aromatic heterocycles. The molecule has 2 aromatic rings. The number of halogens is 3. The summed E-state index contributed by atoms with van der Waals surface area (Å²) in [7, 11) is 0. The fourth-order valence-electron chi connectivity index (χ4n) is 2.81. The third-order valence-electron chi connectivity index (χ3n) is 4.86. The molecule has 4 nitrogen and oxygen atoms in total. The topological polar surface area (TPSA) is 49.4 Å². The summed E-state index contributed by atoms with van der Waals surface area (Å²) in [5.41, 5.74) is 0.809. The first-order chi connectivity index (χ1) is 13.7. The molecule has 0 aliphatic carbocycles. The van der Waals surface area contributed by atoms with Gasteiger partial charge < -0.3 is 10.2 Å². The molecule has 0 bridgehead atoms. The molecule has 0 fully saturated rings. The molecule has 2 unspecified atom stereocenters. The number of hydrogen-bond donors (Lipinski definition) is 1. The quantitative estimate of drug-likeness (QED) is 0.629. The average Bonchev–Trinajstić information content (AvgIpc) is 2.69. The molecule has 0 spiro atoms. The lowest BCUT2D eigenvalue weighted by Crippen LogP contribution is -2.50. The van der Waals surface area contributed by atoms with E-state index in [1.807, 2.05) is 13.8 Å². The van der Waals surface area contributed by atoms with Crippen molar-refractivity contribution in [2.75, 3.05) is 0 Å². The zero-order valence-electron chi connectivity index (χ0n) is 16.7. The maximum Gasteiger partial charge on any atom is 0.242 e. The standard InChI is InChI=1S/C22H25Cl2FN2O2/c1-4-14(2)26-22(29)15(3)27(13-16-8-5-6-11-20(16)25)21(28)12-17-18(23)9-7-10-19(17)24/h5-11,14-15H,4,12-13H2,1-3H3,(H,26,29). The van der Waals surface area contributed by atoms with E-state index in [2.05, 4.69) is 5.32 Å². The molecule has 2 amide bonds. The molecule has 0 aliphatic rings. The van der Waals surface area contributed by atoms with Crippen LogP contribution in [0.25, 0.3) is 0 Å². The number of nitrogens with one attached hydrogen (secondary N) is 1. The number of carbonyl (C=O) groups excluding carboxylic acids is 2. The molecular formula is C22H25Cl2FN2O2. The zero-order chi connectivity index (χ0) is 21.6.